The number of carbonyl (C=O) groups is 3. The molecule has 0 spiro atoms. The van der Waals surface area contributed by atoms with Crippen LogP contribution in [0, 0.1) is 5.92 Å². The summed E-state index contributed by atoms with van der Waals surface area (Å²) in [6.07, 6.45) is 4.48. The van der Waals surface area contributed by atoms with Crippen LogP contribution >= 0.6 is 0 Å². The largest absolute Gasteiger partial charge is 0.351 e. The maximum Gasteiger partial charge on any atom is 0.268 e. The Balaban J connectivity index is 1.17. The zero-order valence-electron chi connectivity index (χ0n) is 24.3. The summed E-state index contributed by atoms with van der Waals surface area (Å²) in [5.41, 5.74) is 4.49. The summed E-state index contributed by atoms with van der Waals surface area (Å²) in [5.74, 6) is -0.461. The van der Waals surface area contributed by atoms with Gasteiger partial charge in [0.15, 0.2) is 5.78 Å². The number of likely N-dealkylation sites (tertiary alicyclic amines) is 1. The van der Waals surface area contributed by atoms with Crippen LogP contribution < -0.4 is 10.6 Å². The number of aromatic nitrogens is 2. The standard InChI is InChI=1S/C34H39N5O3/c1-23(2)19-30(38-34(42)31-21-26-10-3-4-13-28(26)36-31)33(41)37-29-14-8-17-39(22-32(29)40)18-15-24-9-7-11-25(20-24)27-12-5-6-16-35-27/h3-7,9-13,16,20-21,23,29-30,36H,8,14-15,17-19,22H2,1-2H3,(H,37,41)(H,38,42)/t29-,30?/m0/s1. The van der Waals surface area contributed by atoms with Crippen molar-refractivity contribution in [2.24, 2.45) is 5.92 Å². The lowest BCUT2D eigenvalue weighted by molar-refractivity contribution is -0.129. The fraction of sp³-hybridized carbons (Fsp3) is 0.353. The van der Waals surface area contributed by atoms with E-state index in [2.05, 4.69) is 43.7 Å². The number of nitrogens with one attached hydrogen (secondary N) is 3. The van der Waals surface area contributed by atoms with Gasteiger partial charge in [0.25, 0.3) is 5.91 Å². The van der Waals surface area contributed by atoms with Crippen LogP contribution in [0.5, 0.6) is 0 Å². The number of hydrogen-bond acceptors (Lipinski definition) is 5. The van der Waals surface area contributed by atoms with Crippen molar-refractivity contribution in [2.45, 2.75) is 51.6 Å². The van der Waals surface area contributed by atoms with Crippen LogP contribution in [0.25, 0.3) is 22.2 Å². The Bertz CT molecular complexity index is 1500. The average molecular weight is 566 g/mol. The Hall–Kier alpha value is -4.30. The van der Waals surface area contributed by atoms with Crippen molar-refractivity contribution >= 4 is 28.5 Å². The van der Waals surface area contributed by atoms with Crippen molar-refractivity contribution in [1.82, 2.24) is 25.5 Å². The molecule has 3 heterocycles. The highest BCUT2D eigenvalue weighted by Gasteiger charge is 2.30. The second-order valence-electron chi connectivity index (χ2n) is 11.5. The number of Topliss-reactive ketones (excluding diaryl/α,β-unsaturated/α-hetero) is 1. The number of para-hydroxylation sites is 1. The Morgan fingerprint density at radius 1 is 1.05 bits per heavy atom. The minimum atomic E-state index is -0.734. The quantitative estimate of drug-likeness (QED) is 0.257. The van der Waals surface area contributed by atoms with Crippen LogP contribution in [-0.4, -0.2) is 64.2 Å². The molecule has 5 rings (SSSR count). The fourth-order valence-electron chi connectivity index (χ4n) is 5.55. The number of nitrogens with zero attached hydrogens (tertiary/aromatic N) is 2. The molecule has 1 aliphatic heterocycles. The molecular weight excluding hydrogens is 526 g/mol. The third-order valence-corrected chi connectivity index (χ3v) is 7.76. The van der Waals surface area contributed by atoms with E-state index in [9.17, 15) is 14.4 Å². The number of H-pyrrole nitrogens is 1. The monoisotopic (exact) mass is 565 g/mol. The maximum atomic E-state index is 13.4. The molecule has 4 aromatic rings. The highest BCUT2D eigenvalue weighted by atomic mass is 16.2. The van der Waals surface area contributed by atoms with Crippen molar-refractivity contribution < 1.29 is 14.4 Å². The van der Waals surface area contributed by atoms with E-state index in [1.165, 1.54) is 5.56 Å². The number of amides is 2. The molecule has 2 amide bonds. The first kappa shape index (κ1) is 29.2. The number of aromatic amines is 1. The predicted octanol–water partition coefficient (Wildman–Crippen LogP) is 4.77. The molecule has 1 unspecified atom stereocenters. The van der Waals surface area contributed by atoms with Crippen molar-refractivity contribution in [1.29, 1.82) is 0 Å². The van der Waals surface area contributed by atoms with E-state index in [-0.39, 0.29) is 23.5 Å². The zero-order chi connectivity index (χ0) is 29.5. The van der Waals surface area contributed by atoms with E-state index in [4.69, 9.17) is 0 Å². The lowest BCUT2D eigenvalue weighted by Gasteiger charge is -2.23. The summed E-state index contributed by atoms with van der Waals surface area (Å²) in [4.78, 5) is 49.4. The molecule has 0 saturated carbocycles. The molecule has 1 saturated heterocycles. The molecule has 1 aliphatic rings. The molecule has 2 aromatic carbocycles. The van der Waals surface area contributed by atoms with E-state index >= 15 is 0 Å². The number of benzene rings is 2. The molecule has 8 nitrogen and oxygen atoms in total. The van der Waals surface area contributed by atoms with Gasteiger partial charge in [-0.3, -0.25) is 24.3 Å². The molecule has 0 radical (unpaired) electrons. The van der Waals surface area contributed by atoms with Crippen LogP contribution in [0.15, 0.2) is 79.0 Å². The van der Waals surface area contributed by atoms with Crippen LogP contribution in [-0.2, 0) is 16.0 Å². The second kappa shape index (κ2) is 13.6. The Morgan fingerprint density at radius 2 is 1.88 bits per heavy atom. The molecule has 8 heteroatoms. The molecular formula is C34H39N5O3. The topological polar surface area (TPSA) is 107 Å². The maximum absolute atomic E-state index is 13.4. The molecule has 1 fully saturated rings. The number of pyridine rings is 1. The van der Waals surface area contributed by atoms with E-state index in [0.717, 1.165) is 48.1 Å². The van der Waals surface area contributed by atoms with Crippen molar-refractivity contribution in [3.05, 3.63) is 90.3 Å². The average Bonchev–Trinajstić information content (AvgIpc) is 3.36. The fourth-order valence-corrected chi connectivity index (χ4v) is 5.55. The van der Waals surface area contributed by atoms with Crippen molar-refractivity contribution in [2.75, 3.05) is 19.6 Å². The number of hydrogen-bond donors (Lipinski definition) is 3. The minimum Gasteiger partial charge on any atom is -0.351 e. The number of fused-ring (bicyclic) bond motifs is 1. The Morgan fingerprint density at radius 3 is 2.67 bits per heavy atom. The summed E-state index contributed by atoms with van der Waals surface area (Å²) in [6, 6.07) is 22.4. The molecule has 2 aromatic heterocycles. The summed E-state index contributed by atoms with van der Waals surface area (Å²) < 4.78 is 0. The zero-order valence-corrected chi connectivity index (χ0v) is 24.3. The van der Waals surface area contributed by atoms with Crippen LogP contribution in [0.2, 0.25) is 0 Å². The third kappa shape index (κ3) is 7.50. The smallest absolute Gasteiger partial charge is 0.268 e. The lowest BCUT2D eigenvalue weighted by Crippen LogP contribution is -2.52. The van der Waals surface area contributed by atoms with Gasteiger partial charge in [-0.05, 0) is 74.0 Å². The summed E-state index contributed by atoms with van der Waals surface area (Å²) in [6.45, 7) is 5.87. The molecule has 3 N–H and O–H groups in total. The van der Waals surface area contributed by atoms with Gasteiger partial charge in [0.1, 0.15) is 11.7 Å². The van der Waals surface area contributed by atoms with Crippen molar-refractivity contribution in [3.63, 3.8) is 0 Å². The van der Waals surface area contributed by atoms with Crippen LogP contribution in [0.1, 0.15) is 49.2 Å². The van der Waals surface area contributed by atoms with E-state index in [1.807, 2.05) is 62.4 Å². The summed E-state index contributed by atoms with van der Waals surface area (Å²) >= 11 is 0. The van der Waals surface area contributed by atoms with Gasteiger partial charge >= 0.3 is 0 Å². The first-order valence-corrected chi connectivity index (χ1v) is 14.8. The Labute approximate surface area is 246 Å². The first-order valence-electron chi connectivity index (χ1n) is 14.8. The summed E-state index contributed by atoms with van der Waals surface area (Å²) in [5, 5.41) is 6.80. The van der Waals surface area contributed by atoms with E-state index in [1.54, 1.807) is 12.3 Å². The predicted molar refractivity (Wildman–Crippen MR) is 165 cm³/mol. The van der Waals surface area contributed by atoms with Crippen LogP contribution in [0.3, 0.4) is 0 Å². The van der Waals surface area contributed by atoms with Gasteiger partial charge < -0.3 is 15.6 Å². The third-order valence-electron chi connectivity index (χ3n) is 7.76. The molecule has 0 bridgehead atoms. The lowest BCUT2D eigenvalue weighted by atomic mass is 10.0. The molecule has 218 valence electrons. The van der Waals surface area contributed by atoms with Gasteiger partial charge in [0.05, 0.1) is 18.3 Å². The van der Waals surface area contributed by atoms with Gasteiger partial charge in [-0.25, -0.2) is 0 Å². The Kier molecular flexibility index (Phi) is 9.44. The first-order chi connectivity index (χ1) is 20.4. The van der Waals surface area contributed by atoms with Gasteiger partial charge in [0, 0.05) is 29.2 Å². The molecule has 42 heavy (non-hydrogen) atoms. The van der Waals surface area contributed by atoms with Gasteiger partial charge in [-0.15, -0.1) is 0 Å². The molecule has 2 atom stereocenters. The molecule has 0 aliphatic carbocycles. The highest BCUT2D eigenvalue weighted by molar-refractivity contribution is 6.00. The highest BCUT2D eigenvalue weighted by Crippen LogP contribution is 2.19. The SMILES string of the molecule is CC(C)CC(NC(=O)c1cc2ccccc2[nH]1)C(=O)N[C@H]1CCCN(CCc2cccc(-c3ccccn3)c2)CC1=O. The summed E-state index contributed by atoms with van der Waals surface area (Å²) in [7, 11) is 0. The number of carbonyl (C=O) groups excluding carboxylic acids is 3. The minimum absolute atomic E-state index is 0.00771. The number of rotatable bonds is 10. The normalized spacial score (nSPS) is 16.7. The van der Waals surface area contributed by atoms with Crippen molar-refractivity contribution in [3.8, 4) is 11.3 Å². The number of ketones is 1. The van der Waals surface area contributed by atoms with E-state index < -0.39 is 12.1 Å². The second-order valence-corrected chi connectivity index (χ2v) is 11.5. The van der Waals surface area contributed by atoms with Gasteiger partial charge in [-0.1, -0.05) is 56.3 Å². The van der Waals surface area contributed by atoms with Gasteiger partial charge in [-0.2, -0.15) is 0 Å². The van der Waals surface area contributed by atoms with Crippen LogP contribution in [0.4, 0.5) is 0 Å². The van der Waals surface area contributed by atoms with Gasteiger partial charge in [0.2, 0.25) is 5.91 Å². The van der Waals surface area contributed by atoms with E-state index in [0.29, 0.717) is 25.1 Å².